The number of amides is 2. The zero-order valence-corrected chi connectivity index (χ0v) is 34.7. The summed E-state index contributed by atoms with van der Waals surface area (Å²) < 4.78 is 103. The molecule has 20 heteroatoms. The summed E-state index contributed by atoms with van der Waals surface area (Å²) in [7, 11) is 0. The Kier molecular flexibility index (Phi) is 20.8. The first-order chi connectivity index (χ1) is 25.2. The largest absolute Gasteiger partial charge is 0.466 e. The number of ether oxygens (including phenoxy) is 5. The number of alkyl halides is 6. The molecule has 328 valence electrons. The monoisotopic (exact) mass is 843 g/mol. The maximum atomic E-state index is 13.3. The van der Waals surface area contributed by atoms with Gasteiger partial charge in [-0.25, -0.2) is 9.59 Å². The molecule has 0 aromatic heterocycles. The van der Waals surface area contributed by atoms with Gasteiger partial charge in [0.05, 0.1) is 25.7 Å². The Morgan fingerprint density at radius 3 is 1.25 bits per heavy atom. The van der Waals surface area contributed by atoms with Crippen LogP contribution in [0.4, 0.5) is 35.9 Å². The maximum Gasteiger partial charge on any atom is 0.410 e. The number of likely N-dealkylation sites (tertiary alicyclic amines) is 2. The molecule has 1 N–H and O–H groups in total. The second kappa shape index (κ2) is 22.1. The highest BCUT2D eigenvalue weighted by atomic mass is 35.5. The minimum atomic E-state index is -4.71. The Labute approximate surface area is 331 Å². The second-order valence-corrected chi connectivity index (χ2v) is 15.3. The van der Waals surface area contributed by atoms with E-state index in [1.54, 1.807) is 32.6 Å². The van der Waals surface area contributed by atoms with E-state index in [0.717, 1.165) is 0 Å². The first kappa shape index (κ1) is 52.8. The minimum absolute atomic E-state index is 0. The zero-order chi connectivity index (χ0) is 42.5. The fourth-order valence-corrected chi connectivity index (χ4v) is 5.88. The minimum Gasteiger partial charge on any atom is -0.466 e. The fourth-order valence-electron chi connectivity index (χ4n) is 5.88. The van der Waals surface area contributed by atoms with Crippen LogP contribution in [0.3, 0.4) is 0 Å². The number of hydrogen-bond donors (Lipinski definition) is 1. The Morgan fingerprint density at radius 2 is 0.929 bits per heavy atom. The topological polar surface area (TPSA) is 150 Å². The molecule has 0 spiro atoms. The van der Waals surface area contributed by atoms with E-state index in [0.29, 0.717) is 32.5 Å². The molecule has 0 unspecified atom stereocenters. The number of esters is 3. The van der Waals surface area contributed by atoms with Crippen molar-refractivity contribution in [1.82, 2.24) is 15.1 Å². The van der Waals surface area contributed by atoms with E-state index in [1.165, 1.54) is 18.7 Å². The lowest BCUT2D eigenvalue weighted by Gasteiger charge is -2.40. The molecule has 3 rings (SSSR count). The average molecular weight is 844 g/mol. The van der Waals surface area contributed by atoms with Gasteiger partial charge in [-0.3, -0.25) is 14.4 Å². The van der Waals surface area contributed by atoms with Crippen molar-refractivity contribution in [3.05, 3.63) is 0 Å². The molecule has 3 aliphatic rings. The molecule has 0 aliphatic carbocycles. The Hall–Kier alpha value is -3.22. The van der Waals surface area contributed by atoms with Crippen LogP contribution >= 0.6 is 12.4 Å². The van der Waals surface area contributed by atoms with Gasteiger partial charge in [-0.1, -0.05) is 0 Å². The number of halogens is 7. The molecular formula is C36H60ClF6N3O10. The third kappa shape index (κ3) is 15.6. The molecule has 0 atom stereocenters. The smallest absolute Gasteiger partial charge is 0.410 e. The van der Waals surface area contributed by atoms with Crippen molar-refractivity contribution in [2.45, 2.75) is 124 Å². The van der Waals surface area contributed by atoms with Crippen LogP contribution in [0.5, 0.6) is 0 Å². The quantitative estimate of drug-likeness (QED) is 0.164. The molecule has 0 aromatic rings. The number of piperidine rings is 3. The second-order valence-electron chi connectivity index (χ2n) is 15.3. The number of carbonyl (C=O) groups excluding carboxylic acids is 5. The van der Waals surface area contributed by atoms with Crippen molar-refractivity contribution in [3.8, 4) is 0 Å². The molecule has 3 fully saturated rings. The lowest BCUT2D eigenvalue weighted by Crippen LogP contribution is -2.54. The van der Waals surface area contributed by atoms with E-state index < -0.39 is 65.3 Å². The van der Waals surface area contributed by atoms with Crippen molar-refractivity contribution in [1.29, 1.82) is 0 Å². The molecule has 3 saturated heterocycles. The van der Waals surface area contributed by atoms with Gasteiger partial charge in [0.1, 0.15) is 11.2 Å². The average Bonchev–Trinajstić information content (AvgIpc) is 3.07. The van der Waals surface area contributed by atoms with Crippen LogP contribution in [0.2, 0.25) is 0 Å². The third-order valence-electron chi connectivity index (χ3n) is 8.91. The highest BCUT2D eigenvalue weighted by molar-refractivity contribution is 5.85. The fraction of sp³-hybridized carbons (Fsp3) is 0.861. The van der Waals surface area contributed by atoms with Gasteiger partial charge in [0.2, 0.25) is 0 Å². The lowest BCUT2D eigenvalue weighted by atomic mass is 9.77. The molecule has 3 heterocycles. The molecule has 0 saturated carbocycles. The van der Waals surface area contributed by atoms with Gasteiger partial charge in [0.25, 0.3) is 0 Å². The first-order valence-corrected chi connectivity index (χ1v) is 18.5. The van der Waals surface area contributed by atoms with Crippen molar-refractivity contribution in [2.75, 3.05) is 59.1 Å². The van der Waals surface area contributed by atoms with E-state index in [9.17, 15) is 50.3 Å². The van der Waals surface area contributed by atoms with Gasteiger partial charge < -0.3 is 38.8 Å². The molecule has 0 bridgehead atoms. The number of carbonyl (C=O) groups is 5. The van der Waals surface area contributed by atoms with Crippen LogP contribution in [0.15, 0.2) is 0 Å². The summed E-state index contributed by atoms with van der Waals surface area (Å²) in [5.41, 5.74) is -6.04. The van der Waals surface area contributed by atoms with Crippen molar-refractivity contribution in [3.63, 3.8) is 0 Å². The van der Waals surface area contributed by atoms with Crippen LogP contribution in [0, 0.1) is 16.7 Å². The predicted molar refractivity (Wildman–Crippen MR) is 194 cm³/mol. The summed E-state index contributed by atoms with van der Waals surface area (Å²) in [5.74, 6) is -2.64. The Morgan fingerprint density at radius 1 is 0.589 bits per heavy atom. The van der Waals surface area contributed by atoms with Gasteiger partial charge in [0, 0.05) is 26.2 Å². The highest BCUT2D eigenvalue weighted by Gasteiger charge is 2.63. The predicted octanol–water partition coefficient (Wildman–Crippen LogP) is 7.23. The summed E-state index contributed by atoms with van der Waals surface area (Å²) in [6.07, 6.45) is -10.4. The van der Waals surface area contributed by atoms with Crippen molar-refractivity contribution in [2.24, 2.45) is 16.7 Å². The standard InChI is InChI=1S/C14H22F3NO4.C13H23NO4.C9H14F3NO2.ClH/c1-5-21-10(19)13(14(15,16)17)6-8-18(9-7-13)11(20)22-12(2,3)4;1-5-17-11(15)10-6-8-14(9-7-10)12(16)18-13(2,3)4;1-2-15-7(14)8(9(10,11)12)3-5-13-6-4-8;/h5-9H2,1-4H3;10H,5-9H2,1-4H3;13H,2-6H2,1H3;1H. The Balaban J connectivity index is 0.000000818. The Bertz CT molecular complexity index is 1270. The van der Waals surface area contributed by atoms with Crippen LogP contribution in [0.25, 0.3) is 0 Å². The number of nitrogens with zero attached hydrogens (tertiary/aromatic N) is 2. The summed E-state index contributed by atoms with van der Waals surface area (Å²) in [5, 5.41) is 2.80. The maximum absolute atomic E-state index is 13.3. The SMILES string of the molecule is CCOC(=O)C1(C(F)(F)F)CCN(C(=O)OC(C)(C)C)CC1.CCOC(=O)C1(C(F)(F)F)CCNCC1.CCOC(=O)C1CCN(C(=O)OC(C)(C)C)CC1.Cl. The number of nitrogens with one attached hydrogen (secondary N) is 1. The van der Waals surface area contributed by atoms with E-state index in [4.69, 9.17) is 14.2 Å². The number of hydrogen-bond acceptors (Lipinski definition) is 11. The van der Waals surface area contributed by atoms with Crippen molar-refractivity contribution < 1.29 is 74.0 Å². The molecular weight excluding hydrogens is 784 g/mol. The number of rotatable bonds is 6. The zero-order valence-electron chi connectivity index (χ0n) is 33.8. The molecule has 0 radical (unpaired) electrons. The van der Waals surface area contributed by atoms with Gasteiger partial charge in [-0.15, -0.1) is 12.4 Å². The molecule has 2 amide bonds. The molecule has 56 heavy (non-hydrogen) atoms. The van der Waals surface area contributed by atoms with Crippen LogP contribution in [-0.4, -0.2) is 123 Å². The van der Waals surface area contributed by atoms with E-state index in [-0.39, 0.29) is 82.6 Å². The lowest BCUT2D eigenvalue weighted by molar-refractivity contribution is -0.244. The summed E-state index contributed by atoms with van der Waals surface area (Å²) in [4.78, 5) is 61.3. The van der Waals surface area contributed by atoms with Crippen LogP contribution in [-0.2, 0) is 38.1 Å². The summed E-state index contributed by atoms with van der Waals surface area (Å²) in [6.45, 7) is 16.7. The highest BCUT2D eigenvalue weighted by Crippen LogP contribution is 2.48. The van der Waals surface area contributed by atoms with Gasteiger partial charge >= 0.3 is 42.4 Å². The first-order valence-electron chi connectivity index (χ1n) is 18.5. The van der Waals surface area contributed by atoms with Crippen LogP contribution < -0.4 is 5.32 Å². The van der Waals surface area contributed by atoms with Gasteiger partial charge in [-0.2, -0.15) is 26.3 Å². The molecule has 13 nitrogen and oxygen atoms in total. The van der Waals surface area contributed by atoms with E-state index in [1.807, 2.05) is 20.8 Å². The summed E-state index contributed by atoms with van der Waals surface area (Å²) in [6, 6.07) is 0. The van der Waals surface area contributed by atoms with E-state index >= 15 is 0 Å². The molecule has 0 aromatic carbocycles. The normalized spacial score (nSPS) is 18.6. The van der Waals surface area contributed by atoms with Gasteiger partial charge in [0.15, 0.2) is 10.8 Å². The van der Waals surface area contributed by atoms with Crippen LogP contribution in [0.1, 0.15) is 101 Å². The van der Waals surface area contributed by atoms with E-state index in [2.05, 4.69) is 14.8 Å². The molecule has 3 aliphatic heterocycles. The summed E-state index contributed by atoms with van der Waals surface area (Å²) >= 11 is 0. The van der Waals surface area contributed by atoms with Gasteiger partial charge in [-0.05, 0) is 114 Å². The third-order valence-corrected chi connectivity index (χ3v) is 8.91. The van der Waals surface area contributed by atoms with Crippen molar-refractivity contribution >= 4 is 42.5 Å².